The fourth-order valence-electron chi connectivity index (χ4n) is 5.94. The first-order valence-electron chi connectivity index (χ1n) is 13.1. The van der Waals surface area contributed by atoms with Crippen LogP contribution in [0.1, 0.15) is 37.7 Å². The number of methoxy groups -OCH3 is 1. The van der Waals surface area contributed by atoms with Gasteiger partial charge in [-0.2, -0.15) is 0 Å². The fraction of sp³-hybridized carbons (Fsp3) is 0.667. The molecule has 1 aromatic carbocycles. The van der Waals surface area contributed by atoms with E-state index in [4.69, 9.17) is 4.74 Å². The minimum absolute atomic E-state index is 0.0907. The third kappa shape index (κ3) is 5.83. The van der Waals surface area contributed by atoms with Gasteiger partial charge in [0.25, 0.3) is 0 Å². The second-order valence-corrected chi connectivity index (χ2v) is 10.6. The van der Waals surface area contributed by atoms with Gasteiger partial charge in [-0.05, 0) is 50.4 Å². The van der Waals surface area contributed by atoms with E-state index in [1.807, 2.05) is 19.0 Å². The van der Waals surface area contributed by atoms with Crippen LogP contribution in [0.2, 0.25) is 0 Å². The van der Waals surface area contributed by atoms with Crippen molar-refractivity contribution in [3.63, 3.8) is 0 Å². The van der Waals surface area contributed by atoms with Crippen LogP contribution in [0.4, 0.5) is 5.69 Å². The van der Waals surface area contributed by atoms with Crippen molar-refractivity contribution in [2.75, 3.05) is 59.3 Å². The summed E-state index contributed by atoms with van der Waals surface area (Å²) in [6.07, 6.45) is 3.43. The minimum atomic E-state index is -0.179. The van der Waals surface area contributed by atoms with E-state index in [0.717, 1.165) is 25.2 Å². The standard InChI is InChI=1S/C27H41N5O4/c1-29(2)21-7-5-19(6-8-21)18-32-16-13-23-25(32)26(34)28-17-22(30(23)3)9-10-24(33)31-14-11-20(12-15-31)27(35)36-4/h5-8,20,22-23,25H,9-18H2,1-4H3,(H,28,34)/t22-,23+,25-/m0/s1. The van der Waals surface area contributed by atoms with Gasteiger partial charge in [0, 0.05) is 71.0 Å². The number of anilines is 1. The average molecular weight is 500 g/mol. The van der Waals surface area contributed by atoms with Crippen LogP contribution < -0.4 is 10.2 Å². The Labute approximate surface area is 214 Å². The number of esters is 1. The van der Waals surface area contributed by atoms with Gasteiger partial charge in [0.15, 0.2) is 0 Å². The highest BCUT2D eigenvalue weighted by Crippen LogP contribution is 2.29. The summed E-state index contributed by atoms with van der Waals surface area (Å²) in [6, 6.07) is 8.61. The summed E-state index contributed by atoms with van der Waals surface area (Å²) in [7, 11) is 7.58. The molecule has 2 amide bonds. The van der Waals surface area contributed by atoms with E-state index in [9.17, 15) is 14.4 Å². The largest absolute Gasteiger partial charge is 0.469 e. The molecule has 0 spiro atoms. The molecular formula is C27H41N5O4. The lowest BCUT2D eigenvalue weighted by Crippen LogP contribution is -2.49. The Morgan fingerprint density at radius 3 is 2.42 bits per heavy atom. The molecule has 0 unspecified atom stereocenters. The van der Waals surface area contributed by atoms with Gasteiger partial charge in [-0.15, -0.1) is 0 Å². The number of piperidine rings is 1. The van der Waals surface area contributed by atoms with Gasteiger partial charge in [-0.3, -0.25) is 24.2 Å². The summed E-state index contributed by atoms with van der Waals surface area (Å²) in [6.45, 7) is 3.39. The number of rotatable bonds is 7. The van der Waals surface area contributed by atoms with Crippen LogP contribution >= 0.6 is 0 Å². The molecule has 3 aliphatic heterocycles. The molecule has 9 nitrogen and oxygen atoms in total. The van der Waals surface area contributed by atoms with Gasteiger partial charge in [0.1, 0.15) is 6.04 Å². The van der Waals surface area contributed by atoms with E-state index in [1.54, 1.807) is 0 Å². The van der Waals surface area contributed by atoms with Crippen molar-refractivity contribution in [3.05, 3.63) is 29.8 Å². The highest BCUT2D eigenvalue weighted by atomic mass is 16.5. The first kappa shape index (κ1) is 26.4. The smallest absolute Gasteiger partial charge is 0.308 e. The predicted molar refractivity (Wildman–Crippen MR) is 138 cm³/mol. The number of likely N-dealkylation sites (N-methyl/N-ethyl adjacent to an activating group) is 1. The van der Waals surface area contributed by atoms with Crippen molar-refractivity contribution in [3.8, 4) is 0 Å². The average Bonchev–Trinajstić information content (AvgIpc) is 3.26. The molecule has 0 aliphatic carbocycles. The van der Waals surface area contributed by atoms with Gasteiger partial charge in [-0.25, -0.2) is 0 Å². The van der Waals surface area contributed by atoms with E-state index < -0.39 is 0 Å². The van der Waals surface area contributed by atoms with Crippen molar-refractivity contribution < 1.29 is 19.1 Å². The zero-order valence-corrected chi connectivity index (χ0v) is 22.1. The van der Waals surface area contributed by atoms with Gasteiger partial charge in [0.05, 0.1) is 13.0 Å². The molecule has 1 N–H and O–H groups in total. The third-order valence-corrected chi connectivity index (χ3v) is 8.26. The highest BCUT2D eigenvalue weighted by molar-refractivity contribution is 5.83. The van der Waals surface area contributed by atoms with Gasteiger partial charge in [-0.1, -0.05) is 12.1 Å². The minimum Gasteiger partial charge on any atom is -0.469 e. The zero-order valence-electron chi connectivity index (χ0n) is 22.1. The van der Waals surface area contributed by atoms with Crippen LogP contribution in [0.25, 0.3) is 0 Å². The second kappa shape index (κ2) is 11.6. The van der Waals surface area contributed by atoms with E-state index >= 15 is 0 Å². The zero-order chi connectivity index (χ0) is 25.8. The highest BCUT2D eigenvalue weighted by Gasteiger charge is 2.45. The lowest BCUT2D eigenvalue weighted by Gasteiger charge is -2.34. The topological polar surface area (TPSA) is 85.4 Å². The first-order chi connectivity index (χ1) is 17.3. The van der Waals surface area contributed by atoms with Crippen molar-refractivity contribution in [2.45, 2.75) is 56.8 Å². The van der Waals surface area contributed by atoms with Crippen LogP contribution in [0, 0.1) is 5.92 Å². The predicted octanol–water partition coefficient (Wildman–Crippen LogP) is 1.32. The Balaban J connectivity index is 1.31. The number of hydrogen-bond acceptors (Lipinski definition) is 7. The number of amides is 2. The Bertz CT molecular complexity index is 929. The van der Waals surface area contributed by atoms with Crippen LogP contribution in [0.3, 0.4) is 0 Å². The molecule has 3 saturated heterocycles. The molecule has 3 aliphatic rings. The monoisotopic (exact) mass is 499 g/mol. The summed E-state index contributed by atoms with van der Waals surface area (Å²) >= 11 is 0. The molecule has 3 heterocycles. The number of hydrogen-bond donors (Lipinski definition) is 1. The van der Waals surface area contributed by atoms with Crippen LogP contribution in [-0.2, 0) is 25.7 Å². The number of fused-ring (bicyclic) bond motifs is 1. The van der Waals surface area contributed by atoms with Crippen molar-refractivity contribution in [1.29, 1.82) is 0 Å². The Hall–Kier alpha value is -2.65. The first-order valence-corrected chi connectivity index (χ1v) is 13.1. The van der Waals surface area contributed by atoms with Crippen LogP contribution in [-0.4, -0.2) is 105 Å². The van der Waals surface area contributed by atoms with E-state index in [2.05, 4.69) is 51.3 Å². The normalized spacial score (nSPS) is 25.7. The molecule has 36 heavy (non-hydrogen) atoms. The Morgan fingerprint density at radius 2 is 1.78 bits per heavy atom. The Morgan fingerprint density at radius 1 is 1.08 bits per heavy atom. The number of benzene rings is 1. The number of ether oxygens (including phenoxy) is 1. The van der Waals surface area contributed by atoms with Crippen molar-refractivity contribution in [2.24, 2.45) is 5.92 Å². The summed E-state index contributed by atoms with van der Waals surface area (Å²) in [4.78, 5) is 46.3. The summed E-state index contributed by atoms with van der Waals surface area (Å²) in [5.74, 6) is -0.0555. The molecule has 3 atom stereocenters. The SMILES string of the molecule is COC(=O)C1CCN(C(=O)CC[C@H]2CNC(=O)[C@@H]3[C@@H](CCN3Cc3ccc(N(C)C)cc3)N2C)CC1. The Kier molecular flexibility index (Phi) is 8.51. The summed E-state index contributed by atoms with van der Waals surface area (Å²) < 4.78 is 4.85. The van der Waals surface area contributed by atoms with Gasteiger partial charge in [0.2, 0.25) is 11.8 Å². The van der Waals surface area contributed by atoms with Crippen LogP contribution in [0.15, 0.2) is 24.3 Å². The summed E-state index contributed by atoms with van der Waals surface area (Å²) in [5.41, 5.74) is 2.37. The van der Waals surface area contributed by atoms with Crippen LogP contribution in [0.5, 0.6) is 0 Å². The van der Waals surface area contributed by atoms with E-state index in [0.29, 0.717) is 45.3 Å². The maximum absolute atomic E-state index is 13.1. The maximum Gasteiger partial charge on any atom is 0.308 e. The molecule has 4 rings (SSSR count). The second-order valence-electron chi connectivity index (χ2n) is 10.6. The van der Waals surface area contributed by atoms with E-state index in [-0.39, 0.29) is 41.8 Å². The lowest BCUT2D eigenvalue weighted by molar-refractivity contribution is -0.149. The fourth-order valence-corrected chi connectivity index (χ4v) is 5.94. The molecule has 3 fully saturated rings. The molecule has 9 heteroatoms. The number of carbonyl (C=O) groups is 3. The third-order valence-electron chi connectivity index (χ3n) is 8.26. The van der Waals surface area contributed by atoms with Gasteiger partial charge < -0.3 is 19.9 Å². The number of nitrogens with one attached hydrogen (secondary N) is 1. The van der Waals surface area contributed by atoms with Gasteiger partial charge >= 0.3 is 5.97 Å². The van der Waals surface area contributed by atoms with Crippen molar-refractivity contribution >= 4 is 23.5 Å². The quantitative estimate of drug-likeness (QED) is 0.567. The lowest BCUT2D eigenvalue weighted by atomic mass is 9.96. The maximum atomic E-state index is 13.1. The molecule has 0 bridgehead atoms. The van der Waals surface area contributed by atoms with Crippen molar-refractivity contribution in [1.82, 2.24) is 20.0 Å². The summed E-state index contributed by atoms with van der Waals surface area (Å²) in [5, 5.41) is 3.16. The molecule has 1 aromatic rings. The number of carbonyl (C=O) groups excluding carboxylic acids is 3. The molecule has 0 aromatic heterocycles. The molecule has 0 saturated carbocycles. The molecular weight excluding hydrogens is 458 g/mol. The number of nitrogens with zero attached hydrogens (tertiary/aromatic N) is 4. The van der Waals surface area contributed by atoms with E-state index in [1.165, 1.54) is 12.7 Å². The molecule has 0 radical (unpaired) electrons. The number of likely N-dealkylation sites (tertiary alicyclic amines) is 2. The molecule has 198 valence electrons.